The lowest BCUT2D eigenvalue weighted by Crippen LogP contribution is -2.45. The molecule has 0 aromatic carbocycles. The second-order valence-electron chi connectivity index (χ2n) is 14.6. The van der Waals surface area contributed by atoms with Gasteiger partial charge in [-0.15, -0.1) is 0 Å². The van der Waals surface area contributed by atoms with E-state index in [1.807, 2.05) is 6.08 Å². The lowest BCUT2D eigenvalue weighted by Gasteiger charge is -2.23. The fraction of sp³-hybridized carbons (Fsp3) is 0.881. The fourth-order valence-corrected chi connectivity index (χ4v) is 7.00. The van der Waals surface area contributed by atoms with Crippen molar-refractivity contribution >= 4 is 13.7 Å². The third-order valence-corrected chi connectivity index (χ3v) is 10.5. The third kappa shape index (κ3) is 37.1. The zero-order chi connectivity index (χ0) is 37.5. The van der Waals surface area contributed by atoms with E-state index in [1.54, 1.807) is 6.08 Å². The highest BCUT2D eigenvalue weighted by Gasteiger charge is 2.26. The molecule has 3 atom stereocenters. The normalized spacial score (nSPS) is 14.4. The van der Waals surface area contributed by atoms with Crippen molar-refractivity contribution in [1.82, 2.24) is 5.32 Å². The van der Waals surface area contributed by atoms with Gasteiger partial charge in [0.15, 0.2) is 0 Å². The summed E-state index contributed by atoms with van der Waals surface area (Å²) in [6.07, 6.45) is 43.6. The maximum atomic E-state index is 12.7. The summed E-state index contributed by atoms with van der Waals surface area (Å²) in [7, 11) is -4.33. The number of phosphoric ester groups is 1. The van der Waals surface area contributed by atoms with E-state index in [0.717, 1.165) is 38.5 Å². The number of aliphatic hydroxyl groups is 1. The van der Waals surface area contributed by atoms with E-state index in [1.165, 1.54) is 148 Å². The Balaban J connectivity index is 4.23. The molecular formula is C42H83N2O6P. The molecule has 0 saturated heterocycles. The van der Waals surface area contributed by atoms with Crippen molar-refractivity contribution in [2.45, 2.75) is 219 Å². The Hall–Kier alpha value is -1.02. The average Bonchev–Trinajstić information content (AvgIpc) is 3.12. The molecule has 0 spiro atoms. The van der Waals surface area contributed by atoms with Crippen LogP contribution in [0.1, 0.15) is 206 Å². The predicted molar refractivity (Wildman–Crippen MR) is 217 cm³/mol. The van der Waals surface area contributed by atoms with Gasteiger partial charge < -0.3 is 21.1 Å². The number of nitrogens with one attached hydrogen (secondary N) is 1. The molecule has 1 amide bonds. The van der Waals surface area contributed by atoms with Crippen LogP contribution in [-0.4, -0.2) is 47.8 Å². The number of carbonyl (C=O) groups excluding carboxylic acids is 1. The third-order valence-electron chi connectivity index (χ3n) is 9.52. The Kier molecular flexibility index (Phi) is 37.9. The molecule has 8 nitrogen and oxygen atoms in total. The van der Waals surface area contributed by atoms with E-state index in [9.17, 15) is 19.4 Å². The summed E-state index contributed by atoms with van der Waals surface area (Å²) < 4.78 is 22.1. The Bertz CT molecular complexity index is 855. The molecule has 0 bridgehead atoms. The summed E-state index contributed by atoms with van der Waals surface area (Å²) in [6.45, 7) is 4.13. The van der Waals surface area contributed by atoms with Crippen LogP contribution in [0.15, 0.2) is 24.3 Å². The zero-order valence-electron chi connectivity index (χ0n) is 33.4. The summed E-state index contributed by atoms with van der Waals surface area (Å²) in [6, 6.07) is -0.859. The smallest absolute Gasteiger partial charge is 0.387 e. The SMILES string of the molecule is CCCCCCCC/C=C\CCCCCCCCCC(=O)NC(COP(=O)(O)OCCN)C(O)/C=C/CCCCCCCCCCCCCCC. The Morgan fingerprint density at radius 3 is 1.45 bits per heavy atom. The number of nitrogens with two attached hydrogens (primary N) is 1. The van der Waals surface area contributed by atoms with Crippen LogP contribution in [0.3, 0.4) is 0 Å². The molecule has 9 heteroatoms. The molecule has 0 aromatic rings. The maximum absolute atomic E-state index is 12.7. The minimum atomic E-state index is -4.33. The largest absolute Gasteiger partial charge is 0.472 e. The van der Waals surface area contributed by atoms with E-state index in [2.05, 4.69) is 31.3 Å². The Morgan fingerprint density at radius 2 is 1.02 bits per heavy atom. The highest BCUT2D eigenvalue weighted by Crippen LogP contribution is 2.43. The summed E-state index contributed by atoms with van der Waals surface area (Å²) in [5, 5.41) is 13.7. The highest BCUT2D eigenvalue weighted by molar-refractivity contribution is 7.47. The number of amides is 1. The van der Waals surface area contributed by atoms with E-state index in [0.29, 0.717) is 6.42 Å². The summed E-state index contributed by atoms with van der Waals surface area (Å²) in [5.74, 6) is -0.198. The van der Waals surface area contributed by atoms with Gasteiger partial charge in [0.25, 0.3) is 0 Å². The molecular weight excluding hydrogens is 659 g/mol. The van der Waals surface area contributed by atoms with Gasteiger partial charge in [-0.3, -0.25) is 13.8 Å². The van der Waals surface area contributed by atoms with Gasteiger partial charge in [0.2, 0.25) is 5.91 Å². The second-order valence-corrected chi connectivity index (χ2v) is 16.0. The molecule has 302 valence electrons. The van der Waals surface area contributed by atoms with Gasteiger partial charge in [-0.25, -0.2) is 4.57 Å². The van der Waals surface area contributed by atoms with Crippen LogP contribution in [0.5, 0.6) is 0 Å². The fourth-order valence-electron chi connectivity index (χ4n) is 6.24. The van der Waals surface area contributed by atoms with Crippen LogP contribution in [0.25, 0.3) is 0 Å². The molecule has 5 N–H and O–H groups in total. The van der Waals surface area contributed by atoms with Gasteiger partial charge in [-0.2, -0.15) is 0 Å². The number of carbonyl (C=O) groups is 1. The number of unbranched alkanes of at least 4 members (excludes halogenated alkanes) is 26. The first-order valence-electron chi connectivity index (χ1n) is 21.5. The molecule has 0 aliphatic rings. The standard InChI is InChI=1S/C42H83N2O6P/c1-3-5-7-9-11-13-15-17-19-20-22-24-26-28-30-32-34-36-42(46)44-40(39-50-51(47,48)49-38-37-43)41(45)35-33-31-29-27-25-23-21-18-16-14-12-10-8-6-4-2/h17,19,33,35,40-41,45H,3-16,18,20-32,34,36-39,43H2,1-2H3,(H,44,46)(H,47,48)/b19-17-,35-33+. The van der Waals surface area contributed by atoms with Crippen LogP contribution < -0.4 is 11.1 Å². The minimum Gasteiger partial charge on any atom is -0.387 e. The van der Waals surface area contributed by atoms with Crippen LogP contribution in [-0.2, 0) is 18.4 Å². The molecule has 0 saturated carbocycles. The first-order chi connectivity index (χ1) is 24.9. The molecule has 0 aromatic heterocycles. The zero-order valence-corrected chi connectivity index (χ0v) is 34.2. The van der Waals surface area contributed by atoms with Gasteiger partial charge in [0.05, 0.1) is 25.4 Å². The van der Waals surface area contributed by atoms with Crippen molar-refractivity contribution < 1.29 is 28.4 Å². The lowest BCUT2D eigenvalue weighted by atomic mass is 10.0. The number of hydrogen-bond donors (Lipinski definition) is 4. The minimum absolute atomic E-state index is 0.0787. The molecule has 0 aliphatic carbocycles. The van der Waals surface area contributed by atoms with Gasteiger partial charge >= 0.3 is 7.82 Å². The Labute approximate surface area is 315 Å². The van der Waals surface area contributed by atoms with Crippen molar-refractivity contribution in [3.05, 3.63) is 24.3 Å². The lowest BCUT2D eigenvalue weighted by molar-refractivity contribution is -0.123. The van der Waals surface area contributed by atoms with Crippen molar-refractivity contribution in [1.29, 1.82) is 0 Å². The molecule has 0 aliphatic heterocycles. The first-order valence-corrected chi connectivity index (χ1v) is 23.0. The first kappa shape index (κ1) is 50.0. The molecule has 0 heterocycles. The molecule has 3 unspecified atom stereocenters. The number of hydrogen-bond acceptors (Lipinski definition) is 6. The highest BCUT2D eigenvalue weighted by atomic mass is 31.2. The maximum Gasteiger partial charge on any atom is 0.472 e. The molecule has 51 heavy (non-hydrogen) atoms. The van der Waals surface area contributed by atoms with Crippen LogP contribution in [0.4, 0.5) is 0 Å². The number of rotatable bonds is 40. The van der Waals surface area contributed by atoms with Crippen LogP contribution in [0, 0.1) is 0 Å². The quantitative estimate of drug-likeness (QED) is 0.0279. The number of aliphatic hydroxyl groups excluding tert-OH is 1. The summed E-state index contributed by atoms with van der Waals surface area (Å²) in [5.41, 5.74) is 5.37. The van der Waals surface area contributed by atoms with Gasteiger partial charge in [-0.05, 0) is 44.9 Å². The van der Waals surface area contributed by atoms with E-state index in [4.69, 9.17) is 14.8 Å². The van der Waals surface area contributed by atoms with E-state index in [-0.39, 0.29) is 25.7 Å². The number of phosphoric acid groups is 1. The molecule has 0 rings (SSSR count). The molecule has 0 fully saturated rings. The van der Waals surface area contributed by atoms with Crippen molar-refractivity contribution in [2.24, 2.45) is 5.73 Å². The second kappa shape index (κ2) is 38.7. The summed E-state index contributed by atoms with van der Waals surface area (Å²) >= 11 is 0. The van der Waals surface area contributed by atoms with E-state index >= 15 is 0 Å². The van der Waals surface area contributed by atoms with E-state index < -0.39 is 20.0 Å². The topological polar surface area (TPSA) is 131 Å². The van der Waals surface area contributed by atoms with Crippen molar-refractivity contribution in [2.75, 3.05) is 19.8 Å². The van der Waals surface area contributed by atoms with Crippen molar-refractivity contribution in [3.63, 3.8) is 0 Å². The van der Waals surface area contributed by atoms with Gasteiger partial charge in [0, 0.05) is 13.0 Å². The van der Waals surface area contributed by atoms with Gasteiger partial charge in [-0.1, -0.05) is 179 Å². The summed E-state index contributed by atoms with van der Waals surface area (Å²) in [4.78, 5) is 22.7. The monoisotopic (exact) mass is 743 g/mol. The Morgan fingerprint density at radius 1 is 0.627 bits per heavy atom. The average molecular weight is 743 g/mol. The van der Waals surface area contributed by atoms with Crippen molar-refractivity contribution in [3.8, 4) is 0 Å². The predicted octanol–water partition coefficient (Wildman–Crippen LogP) is 11.8. The van der Waals surface area contributed by atoms with Crippen LogP contribution in [0.2, 0.25) is 0 Å². The van der Waals surface area contributed by atoms with Gasteiger partial charge in [0.1, 0.15) is 0 Å². The number of allylic oxidation sites excluding steroid dienone is 3. The molecule has 0 radical (unpaired) electrons. The van der Waals surface area contributed by atoms with Crippen LogP contribution >= 0.6 is 7.82 Å².